The molecule has 4 rings (SSSR count). The number of amides is 4. The summed E-state index contributed by atoms with van der Waals surface area (Å²) in [7, 11) is 1.34. The summed E-state index contributed by atoms with van der Waals surface area (Å²) in [5.41, 5.74) is 1.52. The number of hydrogen-bond donors (Lipinski definition) is 7. The number of aromatic amines is 2. The Morgan fingerprint density at radius 1 is 0.708 bits per heavy atom. The number of esters is 1. The highest BCUT2D eigenvalue weighted by atomic mass is 32.2. The Morgan fingerprint density at radius 2 is 1.12 bits per heavy atom. The third kappa shape index (κ3) is 22.7. The van der Waals surface area contributed by atoms with Crippen LogP contribution in [0.15, 0.2) is 25.0 Å². The van der Waals surface area contributed by atoms with Crippen LogP contribution in [0.1, 0.15) is 90.4 Å². The molecular formula is C45H76N10O8S2. The number of nitrogens with zero attached hydrogens (tertiary/aromatic N) is 4. The molecule has 2 aliphatic rings. The van der Waals surface area contributed by atoms with Crippen LogP contribution in [0.2, 0.25) is 0 Å². The van der Waals surface area contributed by atoms with Crippen LogP contribution in [-0.4, -0.2) is 165 Å². The minimum absolute atomic E-state index is 0.0665. The Kier molecular flexibility index (Phi) is 25.6. The van der Waals surface area contributed by atoms with Gasteiger partial charge in [0, 0.05) is 62.0 Å². The van der Waals surface area contributed by atoms with Crippen LogP contribution in [0, 0.1) is 23.7 Å². The summed E-state index contributed by atoms with van der Waals surface area (Å²) in [4.78, 5) is 92.2. The van der Waals surface area contributed by atoms with E-state index >= 15 is 0 Å². The summed E-state index contributed by atoms with van der Waals surface area (Å²) < 4.78 is 4.86. The first-order valence-electron chi connectivity index (χ1n) is 23.0. The van der Waals surface area contributed by atoms with E-state index in [2.05, 4.69) is 78.7 Å². The maximum atomic E-state index is 12.8. The van der Waals surface area contributed by atoms with Crippen molar-refractivity contribution in [2.45, 2.75) is 116 Å². The zero-order valence-corrected chi connectivity index (χ0v) is 41.2. The maximum Gasteiger partial charge on any atom is 0.328 e. The molecule has 366 valence electrons. The van der Waals surface area contributed by atoms with Crippen LogP contribution >= 0.6 is 23.5 Å². The number of methoxy groups -OCH3 is 1. The lowest BCUT2D eigenvalue weighted by Gasteiger charge is -2.31. The van der Waals surface area contributed by atoms with Crippen molar-refractivity contribution in [1.82, 2.24) is 51.0 Å². The van der Waals surface area contributed by atoms with Crippen molar-refractivity contribution >= 4 is 59.1 Å². The van der Waals surface area contributed by atoms with Gasteiger partial charge >= 0.3 is 11.9 Å². The molecule has 2 heterocycles. The molecule has 20 heteroatoms. The average molecular weight is 949 g/mol. The molecule has 2 aliphatic carbocycles. The second-order valence-corrected chi connectivity index (χ2v) is 19.5. The number of imidazole rings is 2. The van der Waals surface area contributed by atoms with Gasteiger partial charge in [-0.25, -0.2) is 19.6 Å². The standard InChI is InChI=1S/C23H39N5O4S.C22H37N5O4S/c1-5-16(2)20(27-21(29)10-18-11-24-15-25-18)13-28(12-17-6-7-17)14-22(30)26-19(8-9-33-4)23(31)32-3;1-4-15(2)19(26-20(28)9-17-10-23-14-24-17)12-27(11-16-5-6-16)13-21(29)25-18(22(30)31)7-8-32-3/h11,15-17,19-20H,5-10,12-14H2,1-4H3,(H,24,25)(H,26,30)(H,27,29);10,14-16,18-19H,4-9,11-13H2,1-3H3,(H,23,24)(H,25,29)(H,26,28)(H,30,31)/t16-,19-,20+;15-,18-,19+/m00/s1. The largest absolute Gasteiger partial charge is 0.480 e. The van der Waals surface area contributed by atoms with Crippen molar-refractivity contribution in [1.29, 1.82) is 0 Å². The van der Waals surface area contributed by atoms with Gasteiger partial charge < -0.3 is 41.1 Å². The smallest absolute Gasteiger partial charge is 0.328 e. The van der Waals surface area contributed by atoms with Crippen LogP contribution in [0.5, 0.6) is 0 Å². The summed E-state index contributed by atoms with van der Waals surface area (Å²) in [6, 6.07) is -1.70. The van der Waals surface area contributed by atoms with Crippen LogP contribution in [0.3, 0.4) is 0 Å². The lowest BCUT2D eigenvalue weighted by molar-refractivity contribution is -0.145. The lowest BCUT2D eigenvalue weighted by Crippen LogP contribution is -2.51. The molecule has 0 bridgehead atoms. The highest BCUT2D eigenvalue weighted by molar-refractivity contribution is 7.98. The van der Waals surface area contributed by atoms with E-state index in [1.54, 1.807) is 48.6 Å². The maximum absolute atomic E-state index is 12.8. The van der Waals surface area contributed by atoms with Gasteiger partial charge in [-0.2, -0.15) is 23.5 Å². The fourth-order valence-electron chi connectivity index (χ4n) is 7.23. The van der Waals surface area contributed by atoms with E-state index in [1.807, 2.05) is 12.5 Å². The predicted octanol–water partition coefficient (Wildman–Crippen LogP) is 3.12. The molecule has 4 amide bonds. The van der Waals surface area contributed by atoms with E-state index in [-0.39, 0.29) is 73.5 Å². The van der Waals surface area contributed by atoms with Crippen LogP contribution < -0.4 is 21.3 Å². The number of ether oxygens (including phenoxy) is 1. The zero-order chi connectivity index (χ0) is 47.7. The second-order valence-electron chi connectivity index (χ2n) is 17.6. The van der Waals surface area contributed by atoms with Crippen LogP contribution in [0.4, 0.5) is 0 Å². The third-order valence-corrected chi connectivity index (χ3v) is 13.2. The molecule has 2 aromatic rings. The van der Waals surface area contributed by atoms with Gasteiger partial charge in [-0.15, -0.1) is 0 Å². The van der Waals surface area contributed by atoms with Crippen molar-refractivity contribution in [2.24, 2.45) is 23.7 Å². The molecule has 0 unspecified atom stereocenters. The van der Waals surface area contributed by atoms with Crippen LogP contribution in [-0.2, 0) is 46.3 Å². The van der Waals surface area contributed by atoms with E-state index in [9.17, 15) is 33.9 Å². The molecule has 65 heavy (non-hydrogen) atoms. The second kappa shape index (κ2) is 30.2. The minimum atomic E-state index is -1.01. The first-order chi connectivity index (χ1) is 31.2. The van der Waals surface area contributed by atoms with E-state index in [4.69, 9.17) is 4.74 Å². The third-order valence-electron chi connectivity index (χ3n) is 11.9. The normalized spacial score (nSPS) is 16.3. The van der Waals surface area contributed by atoms with Crippen LogP contribution in [0.25, 0.3) is 0 Å². The number of carboxylic acid groups (broad SMARTS) is 1. The quantitative estimate of drug-likeness (QED) is 0.0522. The van der Waals surface area contributed by atoms with Gasteiger partial charge in [0.25, 0.3) is 0 Å². The predicted molar refractivity (Wildman–Crippen MR) is 255 cm³/mol. The number of rotatable bonds is 32. The molecule has 0 radical (unpaired) electrons. The highest BCUT2D eigenvalue weighted by Crippen LogP contribution is 2.31. The molecule has 2 saturated carbocycles. The van der Waals surface area contributed by atoms with Gasteiger partial charge in [0.15, 0.2) is 0 Å². The number of thioether (sulfide) groups is 2. The van der Waals surface area contributed by atoms with E-state index in [0.29, 0.717) is 43.5 Å². The fraction of sp³-hybridized carbons (Fsp3) is 0.733. The van der Waals surface area contributed by atoms with E-state index in [0.717, 1.165) is 68.8 Å². The van der Waals surface area contributed by atoms with Crippen molar-refractivity contribution in [3.8, 4) is 0 Å². The Bertz CT molecular complexity index is 1710. The average Bonchev–Trinajstić information content (AvgIpc) is 4.16. The molecule has 2 fully saturated rings. The van der Waals surface area contributed by atoms with Gasteiger partial charge in [-0.05, 0) is 86.2 Å². The van der Waals surface area contributed by atoms with Crippen molar-refractivity contribution in [3.63, 3.8) is 0 Å². The van der Waals surface area contributed by atoms with Gasteiger partial charge in [0.2, 0.25) is 23.6 Å². The Labute approximate surface area is 393 Å². The first-order valence-corrected chi connectivity index (χ1v) is 25.8. The number of H-pyrrole nitrogens is 2. The van der Waals surface area contributed by atoms with E-state index in [1.165, 1.54) is 7.11 Å². The molecule has 0 aromatic carbocycles. The Morgan fingerprint density at radius 3 is 1.46 bits per heavy atom. The number of carboxylic acids is 1. The molecule has 0 saturated heterocycles. The molecule has 18 nitrogen and oxygen atoms in total. The SMILES string of the molecule is CC[C@H](C)[C@@H](CN(CC(=O)N[C@@H](CCSC)C(=O)O)CC1CC1)NC(=O)Cc1cnc[nH]1.CC[C@H](C)[C@@H](CN(CC(=O)N[C@@H](CCSC)C(=O)OC)CC1CC1)NC(=O)Cc1cnc[nH]1. The summed E-state index contributed by atoms with van der Waals surface area (Å²) in [6.45, 7) is 11.4. The zero-order valence-electron chi connectivity index (χ0n) is 39.6. The van der Waals surface area contributed by atoms with E-state index < -0.39 is 24.0 Å². The number of aromatic nitrogens is 4. The number of nitrogens with one attached hydrogen (secondary N) is 6. The summed E-state index contributed by atoms with van der Waals surface area (Å²) in [6.07, 6.45) is 18.1. The summed E-state index contributed by atoms with van der Waals surface area (Å²) in [5, 5.41) is 21.2. The molecule has 0 spiro atoms. The molecule has 6 atom stereocenters. The number of hydrogen-bond acceptors (Lipinski definition) is 13. The lowest BCUT2D eigenvalue weighted by atomic mass is 9.98. The monoisotopic (exact) mass is 949 g/mol. The van der Waals surface area contributed by atoms with Crippen molar-refractivity contribution < 1.29 is 38.6 Å². The van der Waals surface area contributed by atoms with Gasteiger partial charge in [-0.3, -0.25) is 29.0 Å². The minimum Gasteiger partial charge on any atom is -0.480 e. The number of carbonyl (C=O) groups is 6. The Balaban J connectivity index is 0.000000345. The molecule has 0 aliphatic heterocycles. The molecular weight excluding hydrogens is 873 g/mol. The fourth-order valence-corrected chi connectivity index (χ4v) is 8.17. The first kappa shape index (κ1) is 55.2. The van der Waals surface area contributed by atoms with Gasteiger partial charge in [0.1, 0.15) is 12.1 Å². The van der Waals surface area contributed by atoms with Gasteiger partial charge in [0.05, 0.1) is 45.7 Å². The number of carbonyl (C=O) groups excluding carboxylic acids is 5. The Hall–Kier alpha value is -4.14. The van der Waals surface area contributed by atoms with Gasteiger partial charge in [-0.1, -0.05) is 40.5 Å². The van der Waals surface area contributed by atoms with Crippen molar-refractivity contribution in [2.75, 3.05) is 70.4 Å². The van der Waals surface area contributed by atoms with Crippen molar-refractivity contribution in [3.05, 3.63) is 36.4 Å². The summed E-state index contributed by atoms with van der Waals surface area (Å²) >= 11 is 3.17. The molecule has 7 N–H and O–H groups in total. The summed E-state index contributed by atoms with van der Waals surface area (Å²) in [5.74, 6) is 0.998. The number of aliphatic carboxylic acids is 1. The highest BCUT2D eigenvalue weighted by Gasteiger charge is 2.32. The topological polar surface area (TPSA) is 244 Å². The molecule has 2 aromatic heterocycles.